The number of rotatable bonds is 3. The molecule has 13 heteroatoms. The summed E-state index contributed by atoms with van der Waals surface area (Å²) in [6.07, 6.45) is 9.41. The molecular weight excluding hydrogens is 602 g/mol. The molecule has 0 spiro atoms. The van der Waals surface area contributed by atoms with Crippen LogP contribution >= 0.6 is 11.6 Å². The average Bonchev–Trinajstić information content (AvgIpc) is 3.73. The lowest BCUT2D eigenvalue weighted by Gasteiger charge is -2.34. The number of benzene rings is 1. The topological polar surface area (TPSA) is 105 Å². The Labute approximate surface area is 264 Å². The largest absolute Gasteiger partial charge is 0.508 e. The lowest BCUT2D eigenvalue weighted by Crippen LogP contribution is -2.43. The Morgan fingerprint density at radius 2 is 1.96 bits per heavy atom. The standard InChI is InChI=1S/C32H35ClF2N8O2/c33-25-12-21(44)11-23-22(25)6-1-2-7-26-37-18-43(40-26)20-5-3-9-41(16-20)30-24-14-36-28(23)27(35)29(24)38-31(39-30)45-17-32-8-4-10-42(32)15-19(34)13-32/h11-12,14,18-20,44H,1-10,13,15-17H2/t19-,20?,32+/m1/s1. The van der Waals surface area contributed by atoms with Gasteiger partial charge in [0, 0.05) is 49.3 Å². The van der Waals surface area contributed by atoms with E-state index < -0.39 is 17.5 Å². The number of aryl methyl sites for hydroxylation is 1. The summed E-state index contributed by atoms with van der Waals surface area (Å²) in [6.45, 7) is 2.79. The third-order valence-corrected chi connectivity index (χ3v) is 10.4. The third kappa shape index (κ3) is 5.15. The second-order valence-corrected chi connectivity index (χ2v) is 13.3. The second kappa shape index (κ2) is 11.3. The predicted molar refractivity (Wildman–Crippen MR) is 165 cm³/mol. The van der Waals surface area contributed by atoms with Crippen molar-refractivity contribution in [1.29, 1.82) is 0 Å². The van der Waals surface area contributed by atoms with Crippen molar-refractivity contribution in [2.75, 3.05) is 37.7 Å². The third-order valence-electron chi connectivity index (χ3n) is 10.0. The molecule has 1 unspecified atom stereocenters. The predicted octanol–water partition coefficient (Wildman–Crippen LogP) is 5.46. The molecule has 0 aliphatic carbocycles. The van der Waals surface area contributed by atoms with E-state index in [1.807, 2.05) is 4.68 Å². The Bertz CT molecular complexity index is 1770. The summed E-state index contributed by atoms with van der Waals surface area (Å²) in [7, 11) is 0. The lowest BCUT2D eigenvalue weighted by molar-refractivity contribution is 0.107. The van der Waals surface area contributed by atoms with Crippen LogP contribution < -0.4 is 9.64 Å². The first-order chi connectivity index (χ1) is 21.9. The van der Waals surface area contributed by atoms with Gasteiger partial charge in [-0.1, -0.05) is 11.6 Å². The molecule has 5 aliphatic rings. The highest BCUT2D eigenvalue weighted by molar-refractivity contribution is 6.32. The number of hydrogen-bond acceptors (Lipinski definition) is 9. The summed E-state index contributed by atoms with van der Waals surface area (Å²) < 4.78 is 39.4. The zero-order valence-corrected chi connectivity index (χ0v) is 25.7. The normalized spacial score (nSPS) is 25.1. The number of alkyl halides is 1. The van der Waals surface area contributed by atoms with Crippen LogP contribution in [0.15, 0.2) is 24.7 Å². The number of pyridine rings is 1. The van der Waals surface area contributed by atoms with Crippen molar-refractivity contribution in [2.24, 2.45) is 0 Å². The maximum atomic E-state index is 16.7. The Morgan fingerprint density at radius 1 is 1.07 bits per heavy atom. The lowest BCUT2D eigenvalue weighted by atomic mass is 9.95. The van der Waals surface area contributed by atoms with Gasteiger partial charge in [0.25, 0.3) is 0 Å². The molecule has 5 aliphatic heterocycles. The van der Waals surface area contributed by atoms with E-state index in [1.165, 1.54) is 12.1 Å². The van der Waals surface area contributed by atoms with Crippen molar-refractivity contribution in [1.82, 2.24) is 34.6 Å². The minimum absolute atomic E-state index is 0.0503. The van der Waals surface area contributed by atoms with Crippen LogP contribution in [-0.4, -0.2) is 84.2 Å². The average molecular weight is 637 g/mol. The van der Waals surface area contributed by atoms with Gasteiger partial charge in [-0.2, -0.15) is 15.1 Å². The fraction of sp³-hybridized carbons (Fsp3) is 0.531. The zero-order chi connectivity index (χ0) is 30.7. The van der Waals surface area contributed by atoms with Crippen LogP contribution in [0.2, 0.25) is 5.02 Å². The van der Waals surface area contributed by atoms with E-state index in [0.29, 0.717) is 66.3 Å². The summed E-state index contributed by atoms with van der Waals surface area (Å²) in [6, 6.07) is 3.10. The fourth-order valence-electron chi connectivity index (χ4n) is 7.80. The highest BCUT2D eigenvalue weighted by atomic mass is 35.5. The molecule has 9 rings (SSSR count). The molecule has 0 radical (unpaired) electrons. The van der Waals surface area contributed by atoms with E-state index in [1.54, 1.807) is 12.5 Å². The fourth-order valence-corrected chi connectivity index (χ4v) is 8.11. The summed E-state index contributed by atoms with van der Waals surface area (Å²) in [5, 5.41) is 16.1. The van der Waals surface area contributed by atoms with Crippen molar-refractivity contribution in [3.05, 3.63) is 46.9 Å². The number of phenolic OH excluding ortho intramolecular Hbond substituents is 1. The van der Waals surface area contributed by atoms with Crippen LogP contribution in [0.25, 0.3) is 22.2 Å². The van der Waals surface area contributed by atoms with Gasteiger partial charge in [-0.15, -0.1) is 0 Å². The number of phenols is 1. The number of aromatic hydroxyl groups is 1. The van der Waals surface area contributed by atoms with Crippen molar-refractivity contribution >= 4 is 28.3 Å². The van der Waals surface area contributed by atoms with Crippen molar-refractivity contribution in [3.8, 4) is 23.0 Å². The van der Waals surface area contributed by atoms with Gasteiger partial charge in [0.05, 0.1) is 17.0 Å². The highest BCUT2D eigenvalue weighted by Crippen LogP contribution is 2.42. The van der Waals surface area contributed by atoms with Crippen molar-refractivity contribution in [2.45, 2.75) is 75.5 Å². The van der Waals surface area contributed by atoms with Gasteiger partial charge in [0.1, 0.15) is 41.9 Å². The Hall–Kier alpha value is -3.64. The molecule has 4 aromatic rings. The Balaban J connectivity index is 1.27. The van der Waals surface area contributed by atoms with Crippen LogP contribution in [0, 0.1) is 5.82 Å². The first kappa shape index (κ1) is 28.8. The number of ether oxygens (including phenoxy) is 1. The maximum Gasteiger partial charge on any atom is 0.319 e. The number of nitrogens with zero attached hydrogens (tertiary/aromatic N) is 8. The minimum Gasteiger partial charge on any atom is -0.508 e. The molecule has 3 saturated heterocycles. The molecule has 8 bridgehead atoms. The van der Waals surface area contributed by atoms with Gasteiger partial charge in [-0.05, 0) is 69.2 Å². The SMILES string of the molecule is Oc1cc(Cl)c2c(c1)-c1ncc3c(nc(OC[C@@]45CCCN4C[C@H](F)C5)nc3c1F)N1CCCC(C1)n1cnc(n1)CCCC2. The van der Waals surface area contributed by atoms with Gasteiger partial charge in [0.2, 0.25) is 0 Å². The Kier molecular flexibility index (Phi) is 7.24. The van der Waals surface area contributed by atoms with Gasteiger partial charge >= 0.3 is 6.01 Å². The smallest absolute Gasteiger partial charge is 0.319 e. The molecule has 10 nitrogen and oxygen atoms in total. The highest BCUT2D eigenvalue weighted by Gasteiger charge is 2.49. The number of halogens is 3. The summed E-state index contributed by atoms with van der Waals surface area (Å²) in [5.41, 5.74) is 0.862. The van der Waals surface area contributed by atoms with Crippen molar-refractivity contribution in [3.63, 3.8) is 0 Å². The first-order valence-electron chi connectivity index (χ1n) is 15.9. The summed E-state index contributed by atoms with van der Waals surface area (Å²) in [4.78, 5) is 22.9. The van der Waals surface area contributed by atoms with Crippen LogP contribution in [-0.2, 0) is 12.8 Å². The van der Waals surface area contributed by atoms with E-state index in [-0.39, 0.29) is 35.6 Å². The molecule has 3 atom stereocenters. The van der Waals surface area contributed by atoms with Crippen molar-refractivity contribution < 1.29 is 18.6 Å². The minimum atomic E-state index is -0.894. The Morgan fingerprint density at radius 3 is 2.87 bits per heavy atom. The quantitative estimate of drug-likeness (QED) is 0.314. The molecule has 0 amide bonds. The zero-order valence-electron chi connectivity index (χ0n) is 24.9. The molecule has 8 heterocycles. The second-order valence-electron chi connectivity index (χ2n) is 12.9. The van der Waals surface area contributed by atoms with Crippen LogP contribution in [0.1, 0.15) is 62.4 Å². The number of anilines is 1. The molecule has 1 N–H and O–H groups in total. The molecule has 3 fully saturated rings. The van der Waals surface area contributed by atoms with E-state index >= 15 is 4.39 Å². The van der Waals surface area contributed by atoms with E-state index in [2.05, 4.69) is 24.8 Å². The van der Waals surface area contributed by atoms with Crippen LogP contribution in [0.3, 0.4) is 0 Å². The van der Waals surface area contributed by atoms with Gasteiger partial charge in [-0.25, -0.2) is 18.4 Å². The van der Waals surface area contributed by atoms with E-state index in [0.717, 1.165) is 50.9 Å². The summed E-state index contributed by atoms with van der Waals surface area (Å²) >= 11 is 6.63. The molecule has 0 saturated carbocycles. The molecule has 236 valence electrons. The number of piperidine rings is 1. The number of fused-ring (bicyclic) bond motifs is 5. The van der Waals surface area contributed by atoms with E-state index in [9.17, 15) is 9.50 Å². The van der Waals surface area contributed by atoms with Gasteiger partial charge in [0.15, 0.2) is 11.6 Å². The number of aromatic nitrogens is 6. The summed E-state index contributed by atoms with van der Waals surface area (Å²) in [5.74, 6) is 0.617. The monoisotopic (exact) mass is 636 g/mol. The van der Waals surface area contributed by atoms with Crippen LogP contribution in [0.4, 0.5) is 14.6 Å². The number of hydrogen-bond donors (Lipinski definition) is 1. The molecular formula is C32H35ClF2N8O2. The molecule has 3 aromatic heterocycles. The molecule has 1 aromatic carbocycles. The van der Waals surface area contributed by atoms with E-state index in [4.69, 9.17) is 26.4 Å². The molecule has 45 heavy (non-hydrogen) atoms. The van der Waals surface area contributed by atoms with Gasteiger partial charge in [-0.3, -0.25) is 9.88 Å². The van der Waals surface area contributed by atoms with Crippen LogP contribution in [0.5, 0.6) is 11.8 Å². The maximum absolute atomic E-state index is 16.7. The van der Waals surface area contributed by atoms with Gasteiger partial charge < -0.3 is 14.7 Å². The first-order valence-corrected chi connectivity index (χ1v) is 16.3.